The first kappa shape index (κ1) is 14.8. The van der Waals surface area contributed by atoms with Crippen LogP contribution in [-0.4, -0.2) is 46.2 Å². The van der Waals surface area contributed by atoms with Crippen molar-refractivity contribution in [2.24, 2.45) is 5.73 Å². The molecule has 0 bridgehead atoms. The maximum atomic E-state index is 12.5. The molecule has 1 amide bonds. The lowest BCUT2D eigenvalue weighted by atomic mass is 10.0. The predicted octanol–water partition coefficient (Wildman–Crippen LogP) is 0.510. The van der Waals surface area contributed by atoms with Crippen LogP contribution in [0, 0.1) is 18.8 Å². The minimum Gasteiger partial charge on any atom is -0.337 e. The fourth-order valence-electron chi connectivity index (χ4n) is 2.09. The molecule has 2 N–H and O–H groups in total. The SMILES string of the molecule is Cc1ccc(C#CCN)cc1C(=O)N1CCS(=O)CC1. The minimum absolute atomic E-state index is 0.00408. The molecule has 1 saturated heterocycles. The Hall–Kier alpha value is -1.64. The highest BCUT2D eigenvalue weighted by atomic mass is 32.2. The molecule has 106 valence electrons. The Morgan fingerprint density at radius 3 is 2.75 bits per heavy atom. The fraction of sp³-hybridized carbons (Fsp3) is 0.400. The molecule has 1 aromatic carbocycles. The largest absolute Gasteiger partial charge is 0.337 e. The highest BCUT2D eigenvalue weighted by Gasteiger charge is 2.22. The number of hydrogen-bond donors (Lipinski definition) is 1. The van der Waals surface area contributed by atoms with Gasteiger partial charge in [0, 0.05) is 46.5 Å². The normalized spacial score (nSPS) is 15.6. The molecule has 0 spiro atoms. The standard InChI is InChI=1S/C15H18N2O2S/c1-12-4-5-13(3-2-6-16)11-14(12)15(18)17-7-9-20(19)10-8-17/h4-5,11H,6-10,16H2,1H3. The summed E-state index contributed by atoms with van der Waals surface area (Å²) >= 11 is 0. The van der Waals surface area contributed by atoms with Crippen molar-refractivity contribution in [3.05, 3.63) is 34.9 Å². The molecule has 1 fully saturated rings. The van der Waals surface area contributed by atoms with Crippen molar-refractivity contribution in [3.63, 3.8) is 0 Å². The van der Waals surface area contributed by atoms with Crippen LogP contribution in [0.2, 0.25) is 0 Å². The zero-order chi connectivity index (χ0) is 14.5. The molecule has 1 aromatic rings. The van der Waals surface area contributed by atoms with Gasteiger partial charge in [-0.3, -0.25) is 9.00 Å². The van der Waals surface area contributed by atoms with E-state index in [-0.39, 0.29) is 5.91 Å². The number of nitrogens with two attached hydrogens (primary N) is 1. The summed E-state index contributed by atoms with van der Waals surface area (Å²) in [6.07, 6.45) is 0. The molecule has 4 nitrogen and oxygen atoms in total. The van der Waals surface area contributed by atoms with Crippen LogP contribution in [0.1, 0.15) is 21.5 Å². The van der Waals surface area contributed by atoms with Crippen LogP contribution >= 0.6 is 0 Å². The summed E-state index contributed by atoms with van der Waals surface area (Å²) < 4.78 is 11.4. The summed E-state index contributed by atoms with van der Waals surface area (Å²) in [7, 11) is -0.778. The summed E-state index contributed by atoms with van der Waals surface area (Å²) in [4.78, 5) is 14.3. The number of hydrogen-bond acceptors (Lipinski definition) is 3. The average Bonchev–Trinajstić information content (AvgIpc) is 2.46. The zero-order valence-corrected chi connectivity index (χ0v) is 12.3. The quantitative estimate of drug-likeness (QED) is 0.767. The van der Waals surface area contributed by atoms with Gasteiger partial charge in [0.1, 0.15) is 0 Å². The lowest BCUT2D eigenvalue weighted by Crippen LogP contribution is -2.42. The van der Waals surface area contributed by atoms with E-state index in [0.717, 1.165) is 11.1 Å². The topological polar surface area (TPSA) is 63.4 Å². The number of nitrogens with zero attached hydrogens (tertiary/aromatic N) is 1. The van der Waals surface area contributed by atoms with Crippen LogP contribution in [0.15, 0.2) is 18.2 Å². The molecule has 20 heavy (non-hydrogen) atoms. The summed E-state index contributed by atoms with van der Waals surface area (Å²) in [6, 6.07) is 5.60. The van der Waals surface area contributed by atoms with E-state index < -0.39 is 10.8 Å². The summed E-state index contributed by atoms with van der Waals surface area (Å²) in [5.74, 6) is 6.86. The van der Waals surface area contributed by atoms with Gasteiger partial charge in [-0.2, -0.15) is 0 Å². The number of rotatable bonds is 1. The van der Waals surface area contributed by atoms with Gasteiger partial charge in [-0.1, -0.05) is 17.9 Å². The molecule has 2 rings (SSSR count). The van der Waals surface area contributed by atoms with Gasteiger partial charge in [-0.15, -0.1) is 0 Å². The maximum Gasteiger partial charge on any atom is 0.254 e. The maximum absolute atomic E-state index is 12.5. The van der Waals surface area contributed by atoms with Gasteiger partial charge in [0.15, 0.2) is 0 Å². The van der Waals surface area contributed by atoms with Gasteiger partial charge in [0.05, 0.1) is 6.54 Å². The van der Waals surface area contributed by atoms with Crippen LogP contribution in [0.25, 0.3) is 0 Å². The van der Waals surface area contributed by atoms with Crippen molar-refractivity contribution in [2.75, 3.05) is 31.1 Å². The first-order chi connectivity index (χ1) is 9.61. The van der Waals surface area contributed by atoms with E-state index in [1.807, 2.05) is 25.1 Å². The summed E-state index contributed by atoms with van der Waals surface area (Å²) in [5, 5.41) is 0. The summed E-state index contributed by atoms with van der Waals surface area (Å²) in [6.45, 7) is 3.33. The molecule has 1 heterocycles. The number of aryl methyl sites for hydroxylation is 1. The van der Waals surface area contributed by atoms with Crippen molar-refractivity contribution in [1.82, 2.24) is 4.90 Å². The molecule has 0 aliphatic carbocycles. The third-order valence-electron chi connectivity index (χ3n) is 3.27. The van der Waals surface area contributed by atoms with E-state index in [1.165, 1.54) is 0 Å². The van der Waals surface area contributed by atoms with Gasteiger partial charge in [-0.05, 0) is 24.6 Å². The molecule has 0 aromatic heterocycles. The van der Waals surface area contributed by atoms with E-state index in [1.54, 1.807) is 4.90 Å². The van der Waals surface area contributed by atoms with Crippen LogP contribution in [-0.2, 0) is 10.8 Å². The fourth-order valence-corrected chi connectivity index (χ4v) is 3.15. The third-order valence-corrected chi connectivity index (χ3v) is 4.54. The molecule has 0 saturated carbocycles. The Kier molecular flexibility index (Phi) is 4.94. The second-order valence-corrected chi connectivity index (χ2v) is 6.37. The smallest absolute Gasteiger partial charge is 0.254 e. The predicted molar refractivity (Wildman–Crippen MR) is 80.9 cm³/mol. The van der Waals surface area contributed by atoms with Gasteiger partial charge in [0.25, 0.3) is 5.91 Å². The van der Waals surface area contributed by atoms with Gasteiger partial charge in [0.2, 0.25) is 0 Å². The second kappa shape index (κ2) is 6.69. The second-order valence-electron chi connectivity index (χ2n) is 4.68. The molecule has 1 aliphatic heterocycles. The van der Waals surface area contributed by atoms with Gasteiger partial charge in [-0.25, -0.2) is 0 Å². The minimum atomic E-state index is -0.778. The van der Waals surface area contributed by atoms with Crippen LogP contribution in [0.5, 0.6) is 0 Å². The Balaban J connectivity index is 2.22. The Morgan fingerprint density at radius 2 is 2.10 bits per heavy atom. The molecular weight excluding hydrogens is 272 g/mol. The monoisotopic (exact) mass is 290 g/mol. The van der Waals surface area contributed by atoms with E-state index in [0.29, 0.717) is 36.7 Å². The van der Waals surface area contributed by atoms with Crippen LogP contribution in [0.4, 0.5) is 0 Å². The van der Waals surface area contributed by atoms with Gasteiger partial charge < -0.3 is 10.6 Å². The zero-order valence-electron chi connectivity index (χ0n) is 11.5. The molecule has 0 radical (unpaired) electrons. The van der Waals surface area contributed by atoms with Crippen molar-refractivity contribution in [1.29, 1.82) is 0 Å². The number of amides is 1. The highest BCUT2D eigenvalue weighted by Crippen LogP contribution is 2.15. The molecule has 1 aliphatic rings. The third kappa shape index (κ3) is 3.47. The van der Waals surface area contributed by atoms with Crippen LogP contribution < -0.4 is 5.73 Å². The lowest BCUT2D eigenvalue weighted by Gasteiger charge is -2.27. The van der Waals surface area contributed by atoms with Crippen LogP contribution in [0.3, 0.4) is 0 Å². The average molecular weight is 290 g/mol. The van der Waals surface area contributed by atoms with Crippen molar-refractivity contribution < 1.29 is 9.00 Å². The van der Waals surface area contributed by atoms with Crippen molar-refractivity contribution in [2.45, 2.75) is 6.92 Å². The van der Waals surface area contributed by atoms with Gasteiger partial charge >= 0.3 is 0 Å². The van der Waals surface area contributed by atoms with E-state index >= 15 is 0 Å². The Morgan fingerprint density at radius 1 is 1.40 bits per heavy atom. The van der Waals surface area contributed by atoms with E-state index in [2.05, 4.69) is 11.8 Å². The highest BCUT2D eigenvalue weighted by molar-refractivity contribution is 7.85. The van der Waals surface area contributed by atoms with E-state index in [4.69, 9.17) is 5.73 Å². The Labute approximate surface area is 121 Å². The summed E-state index contributed by atoms with van der Waals surface area (Å²) in [5.41, 5.74) is 7.75. The molecule has 0 unspecified atom stereocenters. The first-order valence-electron chi connectivity index (χ1n) is 6.55. The first-order valence-corrected chi connectivity index (χ1v) is 8.04. The molecular formula is C15H18N2O2S. The van der Waals surface area contributed by atoms with Crippen molar-refractivity contribution in [3.8, 4) is 11.8 Å². The molecule has 5 heteroatoms. The number of benzene rings is 1. The van der Waals surface area contributed by atoms with E-state index in [9.17, 15) is 9.00 Å². The lowest BCUT2D eigenvalue weighted by molar-refractivity contribution is 0.0770. The number of carbonyl (C=O) groups is 1. The van der Waals surface area contributed by atoms with Crippen molar-refractivity contribution >= 4 is 16.7 Å². The Bertz CT molecular complexity index is 592. The number of carbonyl (C=O) groups excluding carboxylic acids is 1. The molecule has 0 atom stereocenters.